The standard InChI is InChI=1S/C19H25N3O4S/c1-13-2-3-17-15(10-13)16(11-20-17)18(19(23)24)22-7-5-21(6-8-22)14-4-9-27(25,26)12-14/h2-3,10-11,14,18,20H,4-9,12H2,1H3,(H,23,24)/t14-,18-/m1/s1. The van der Waals surface area contributed by atoms with Crippen molar-refractivity contribution in [1.29, 1.82) is 0 Å². The average molecular weight is 391 g/mol. The van der Waals surface area contributed by atoms with Gasteiger partial charge in [0.2, 0.25) is 0 Å². The Morgan fingerprint density at radius 1 is 1.26 bits per heavy atom. The van der Waals surface area contributed by atoms with Gasteiger partial charge in [-0.1, -0.05) is 11.6 Å². The first-order valence-electron chi connectivity index (χ1n) is 9.33. The molecule has 2 atom stereocenters. The quantitative estimate of drug-likeness (QED) is 0.818. The number of nitrogens with zero attached hydrogens (tertiary/aromatic N) is 2. The number of aromatic amines is 1. The van der Waals surface area contributed by atoms with Gasteiger partial charge in [0.15, 0.2) is 9.84 Å². The van der Waals surface area contributed by atoms with E-state index >= 15 is 0 Å². The van der Waals surface area contributed by atoms with Crippen LogP contribution in [0.2, 0.25) is 0 Å². The number of rotatable bonds is 4. The summed E-state index contributed by atoms with van der Waals surface area (Å²) in [5, 5.41) is 10.9. The minimum Gasteiger partial charge on any atom is -0.480 e. The van der Waals surface area contributed by atoms with Gasteiger partial charge in [0.1, 0.15) is 6.04 Å². The Kier molecular flexibility index (Phi) is 4.73. The van der Waals surface area contributed by atoms with E-state index in [1.165, 1.54) is 0 Å². The molecule has 27 heavy (non-hydrogen) atoms. The van der Waals surface area contributed by atoms with Gasteiger partial charge in [-0.25, -0.2) is 8.42 Å². The SMILES string of the molecule is Cc1ccc2[nH]cc([C@H](C(=O)O)N3CCN([C@@H]4CCS(=O)(=O)C4)CC3)c2c1. The predicted molar refractivity (Wildman–Crippen MR) is 104 cm³/mol. The fraction of sp³-hybridized carbons (Fsp3) is 0.526. The van der Waals surface area contributed by atoms with E-state index in [9.17, 15) is 18.3 Å². The highest BCUT2D eigenvalue weighted by atomic mass is 32.2. The summed E-state index contributed by atoms with van der Waals surface area (Å²) in [4.78, 5) is 19.5. The van der Waals surface area contributed by atoms with Gasteiger partial charge in [-0.2, -0.15) is 0 Å². The van der Waals surface area contributed by atoms with Crippen LogP contribution >= 0.6 is 0 Å². The molecule has 0 unspecified atom stereocenters. The molecule has 7 nitrogen and oxygen atoms in total. The first-order valence-corrected chi connectivity index (χ1v) is 11.2. The lowest BCUT2D eigenvalue weighted by Crippen LogP contribution is -2.52. The summed E-state index contributed by atoms with van der Waals surface area (Å²) in [6.07, 6.45) is 2.49. The van der Waals surface area contributed by atoms with Crippen molar-refractivity contribution in [3.05, 3.63) is 35.5 Å². The van der Waals surface area contributed by atoms with Gasteiger partial charge in [0, 0.05) is 54.9 Å². The van der Waals surface area contributed by atoms with Gasteiger partial charge in [0.25, 0.3) is 0 Å². The highest BCUT2D eigenvalue weighted by molar-refractivity contribution is 7.91. The Hall–Kier alpha value is -1.90. The molecular formula is C19H25N3O4S. The number of nitrogens with one attached hydrogen (secondary N) is 1. The van der Waals surface area contributed by atoms with E-state index in [1.807, 2.05) is 30.0 Å². The molecule has 1 aromatic heterocycles. The monoisotopic (exact) mass is 391 g/mol. The third-order valence-corrected chi connectivity index (χ3v) is 7.59. The van der Waals surface area contributed by atoms with Crippen LogP contribution in [-0.4, -0.2) is 78.0 Å². The maximum Gasteiger partial charge on any atom is 0.325 e. The first kappa shape index (κ1) is 18.5. The Morgan fingerprint density at radius 3 is 2.63 bits per heavy atom. The van der Waals surface area contributed by atoms with Crippen molar-refractivity contribution < 1.29 is 18.3 Å². The second kappa shape index (κ2) is 6.92. The second-order valence-electron chi connectivity index (χ2n) is 7.66. The molecule has 8 heteroatoms. The number of aryl methyl sites for hydroxylation is 1. The van der Waals surface area contributed by atoms with E-state index in [4.69, 9.17) is 0 Å². The smallest absolute Gasteiger partial charge is 0.325 e. The van der Waals surface area contributed by atoms with E-state index in [-0.39, 0.29) is 17.5 Å². The van der Waals surface area contributed by atoms with Gasteiger partial charge in [-0.3, -0.25) is 14.6 Å². The summed E-state index contributed by atoms with van der Waals surface area (Å²) in [7, 11) is -2.91. The number of hydrogen-bond donors (Lipinski definition) is 2. The summed E-state index contributed by atoms with van der Waals surface area (Å²) in [5.41, 5.74) is 2.83. The molecule has 2 aliphatic rings. The molecule has 3 heterocycles. The Bertz CT molecular complexity index is 960. The first-order chi connectivity index (χ1) is 12.8. The fourth-order valence-corrected chi connectivity index (χ4v) is 6.15. The van der Waals surface area contributed by atoms with Crippen LogP contribution in [0.5, 0.6) is 0 Å². The number of fused-ring (bicyclic) bond motifs is 1. The number of carbonyl (C=O) groups is 1. The third-order valence-electron chi connectivity index (χ3n) is 5.84. The lowest BCUT2D eigenvalue weighted by Gasteiger charge is -2.40. The average Bonchev–Trinajstić information content (AvgIpc) is 3.19. The normalized spacial score (nSPS) is 25.0. The molecule has 0 bridgehead atoms. The van der Waals surface area contributed by atoms with Gasteiger partial charge in [0.05, 0.1) is 11.5 Å². The van der Waals surface area contributed by atoms with Crippen molar-refractivity contribution in [2.45, 2.75) is 25.4 Å². The number of aromatic nitrogens is 1. The summed E-state index contributed by atoms with van der Waals surface area (Å²) in [6.45, 7) is 4.63. The van der Waals surface area contributed by atoms with Crippen LogP contribution in [0.3, 0.4) is 0 Å². The maximum atomic E-state index is 12.1. The summed E-state index contributed by atoms with van der Waals surface area (Å²) >= 11 is 0. The van der Waals surface area contributed by atoms with Crippen LogP contribution in [0.1, 0.15) is 23.6 Å². The fourth-order valence-electron chi connectivity index (χ4n) is 4.39. The molecule has 146 valence electrons. The lowest BCUT2D eigenvalue weighted by molar-refractivity contribution is -0.144. The second-order valence-corrected chi connectivity index (χ2v) is 9.89. The topological polar surface area (TPSA) is 93.7 Å². The van der Waals surface area contributed by atoms with Crippen LogP contribution in [0, 0.1) is 6.92 Å². The summed E-state index contributed by atoms with van der Waals surface area (Å²) in [5.74, 6) is -0.351. The molecule has 4 rings (SSSR count). The van der Waals surface area contributed by atoms with E-state index < -0.39 is 21.8 Å². The Labute approximate surface area is 158 Å². The van der Waals surface area contributed by atoms with Gasteiger partial charge in [-0.15, -0.1) is 0 Å². The van der Waals surface area contributed by atoms with Crippen LogP contribution in [0.15, 0.2) is 24.4 Å². The highest BCUT2D eigenvalue weighted by Gasteiger charge is 2.37. The summed E-state index contributed by atoms with van der Waals surface area (Å²) in [6, 6.07) is 5.39. The third kappa shape index (κ3) is 3.61. The molecule has 0 saturated carbocycles. The van der Waals surface area contributed by atoms with Gasteiger partial charge in [-0.05, 0) is 25.5 Å². The molecule has 0 radical (unpaired) electrons. The zero-order chi connectivity index (χ0) is 19.2. The van der Waals surface area contributed by atoms with Crippen molar-refractivity contribution in [2.75, 3.05) is 37.7 Å². The van der Waals surface area contributed by atoms with E-state index in [0.717, 1.165) is 22.0 Å². The molecule has 2 fully saturated rings. The molecule has 0 amide bonds. The maximum absolute atomic E-state index is 12.1. The number of aliphatic carboxylic acids is 1. The highest BCUT2D eigenvalue weighted by Crippen LogP contribution is 2.31. The molecule has 1 aromatic carbocycles. The zero-order valence-electron chi connectivity index (χ0n) is 15.4. The molecule has 2 aliphatic heterocycles. The van der Waals surface area contributed by atoms with E-state index in [0.29, 0.717) is 32.6 Å². The minimum atomic E-state index is -2.91. The molecule has 2 N–H and O–H groups in total. The van der Waals surface area contributed by atoms with Crippen LogP contribution in [0.4, 0.5) is 0 Å². The molecule has 2 saturated heterocycles. The van der Waals surface area contributed by atoms with Crippen molar-refractivity contribution in [3.63, 3.8) is 0 Å². The molecule has 0 spiro atoms. The van der Waals surface area contributed by atoms with Crippen molar-refractivity contribution >= 4 is 26.7 Å². The molecule has 0 aliphatic carbocycles. The largest absolute Gasteiger partial charge is 0.480 e. The number of sulfone groups is 1. The predicted octanol–water partition coefficient (Wildman–Crippen LogP) is 1.41. The number of benzene rings is 1. The summed E-state index contributed by atoms with van der Waals surface area (Å²) < 4.78 is 23.5. The lowest BCUT2D eigenvalue weighted by atomic mass is 10.0. The number of hydrogen-bond acceptors (Lipinski definition) is 5. The Balaban J connectivity index is 1.52. The van der Waals surface area contributed by atoms with Crippen molar-refractivity contribution in [1.82, 2.24) is 14.8 Å². The number of piperazine rings is 1. The van der Waals surface area contributed by atoms with Crippen LogP contribution < -0.4 is 0 Å². The van der Waals surface area contributed by atoms with Crippen LogP contribution in [-0.2, 0) is 14.6 Å². The van der Waals surface area contributed by atoms with Gasteiger partial charge >= 0.3 is 5.97 Å². The number of carboxylic acid groups (broad SMARTS) is 1. The van der Waals surface area contributed by atoms with Crippen molar-refractivity contribution in [2.24, 2.45) is 0 Å². The number of H-pyrrole nitrogens is 1. The van der Waals surface area contributed by atoms with Gasteiger partial charge < -0.3 is 10.1 Å². The molecular weight excluding hydrogens is 366 g/mol. The Morgan fingerprint density at radius 2 is 2.00 bits per heavy atom. The molecule has 2 aromatic rings. The van der Waals surface area contributed by atoms with Crippen LogP contribution in [0.25, 0.3) is 10.9 Å². The van der Waals surface area contributed by atoms with E-state index in [1.54, 1.807) is 6.20 Å². The zero-order valence-corrected chi connectivity index (χ0v) is 16.2. The van der Waals surface area contributed by atoms with E-state index in [2.05, 4.69) is 9.88 Å². The van der Waals surface area contributed by atoms with Crippen molar-refractivity contribution in [3.8, 4) is 0 Å². The minimum absolute atomic E-state index is 0.0798. The number of carboxylic acids is 1.